The van der Waals surface area contributed by atoms with Crippen LogP contribution in [0.25, 0.3) is 0 Å². The van der Waals surface area contributed by atoms with Gasteiger partial charge in [0.1, 0.15) is 11.5 Å². The minimum atomic E-state index is 0. The Morgan fingerprint density at radius 1 is 1.13 bits per heavy atom. The highest BCUT2D eigenvalue weighted by Crippen LogP contribution is 2.28. The van der Waals surface area contributed by atoms with Crippen LogP contribution >= 0.6 is 24.0 Å². The van der Waals surface area contributed by atoms with Crippen molar-refractivity contribution in [2.24, 2.45) is 4.99 Å². The Hall–Kier alpha value is -1.58. The molecule has 170 valence electrons. The molecule has 31 heavy (non-hydrogen) atoms. The number of aliphatic imine (C=N–C) groups is 1. The van der Waals surface area contributed by atoms with E-state index in [2.05, 4.69) is 58.4 Å². The number of ether oxygens (including phenoxy) is 1. The van der Waals surface area contributed by atoms with Crippen molar-refractivity contribution in [1.82, 2.24) is 15.1 Å². The van der Waals surface area contributed by atoms with Crippen molar-refractivity contribution in [1.29, 1.82) is 0 Å². The lowest BCUT2D eigenvalue weighted by atomic mass is 9.99. The minimum Gasteiger partial charge on any atom is -0.465 e. The number of hydrogen-bond acceptors (Lipinski definition) is 4. The zero-order chi connectivity index (χ0) is 20.8. The summed E-state index contributed by atoms with van der Waals surface area (Å²) in [7, 11) is 0. The molecule has 2 aliphatic rings. The van der Waals surface area contributed by atoms with Crippen molar-refractivity contribution in [3.63, 3.8) is 0 Å². The molecule has 0 spiro atoms. The van der Waals surface area contributed by atoms with Gasteiger partial charge in [0.05, 0.1) is 25.8 Å². The Bertz CT molecular complexity index is 820. The molecule has 1 N–H and O–H groups in total. The molecule has 2 unspecified atom stereocenters. The van der Waals surface area contributed by atoms with Crippen molar-refractivity contribution in [3.05, 3.63) is 59.5 Å². The first-order valence-corrected chi connectivity index (χ1v) is 11.2. The van der Waals surface area contributed by atoms with Crippen LogP contribution in [-0.2, 0) is 4.74 Å². The summed E-state index contributed by atoms with van der Waals surface area (Å²) in [4.78, 5) is 9.92. The van der Waals surface area contributed by atoms with E-state index in [1.165, 1.54) is 12.0 Å². The lowest BCUT2D eigenvalue weighted by molar-refractivity contribution is 0.0135. The van der Waals surface area contributed by atoms with Crippen LogP contribution in [0.2, 0.25) is 0 Å². The van der Waals surface area contributed by atoms with E-state index >= 15 is 0 Å². The van der Waals surface area contributed by atoms with Gasteiger partial charge in [-0.2, -0.15) is 0 Å². The Kier molecular flexibility index (Phi) is 9.22. The second-order valence-corrected chi connectivity index (χ2v) is 8.15. The van der Waals surface area contributed by atoms with Gasteiger partial charge in [0, 0.05) is 38.6 Å². The van der Waals surface area contributed by atoms with E-state index in [0.29, 0.717) is 12.5 Å². The van der Waals surface area contributed by atoms with Gasteiger partial charge in [-0.15, -0.1) is 24.0 Å². The molecule has 3 heterocycles. The molecule has 1 aromatic heterocycles. The molecule has 0 radical (unpaired) electrons. The third kappa shape index (κ3) is 6.23. The first-order chi connectivity index (χ1) is 14.7. The Labute approximate surface area is 203 Å². The molecule has 1 aromatic carbocycles. The fourth-order valence-electron chi connectivity index (χ4n) is 4.46. The zero-order valence-corrected chi connectivity index (χ0v) is 21.0. The maximum Gasteiger partial charge on any atom is 0.194 e. The van der Waals surface area contributed by atoms with E-state index < -0.39 is 0 Å². The van der Waals surface area contributed by atoms with Gasteiger partial charge in [-0.3, -0.25) is 9.89 Å². The van der Waals surface area contributed by atoms with Gasteiger partial charge in [-0.25, -0.2) is 0 Å². The fourth-order valence-corrected chi connectivity index (χ4v) is 4.46. The van der Waals surface area contributed by atoms with Gasteiger partial charge in [-0.05, 0) is 38.0 Å². The van der Waals surface area contributed by atoms with Crippen LogP contribution in [0.3, 0.4) is 0 Å². The standard InChI is InChI=1S/C24H34N4O2.HI/c1-3-25-24(28-12-11-21(18-28)20-7-5-4-6-8-20)26-17-22(23-10-9-19(2)30-23)27-13-15-29-16-14-27;/h4-10,21-22H,3,11-18H2,1-2H3,(H,25,26);1H. The van der Waals surface area contributed by atoms with Crippen molar-refractivity contribution in [3.8, 4) is 0 Å². The lowest BCUT2D eigenvalue weighted by Gasteiger charge is -2.33. The molecular formula is C24H35IN4O2. The van der Waals surface area contributed by atoms with E-state index in [9.17, 15) is 0 Å². The van der Waals surface area contributed by atoms with Crippen molar-refractivity contribution < 1.29 is 9.15 Å². The van der Waals surface area contributed by atoms with Crippen molar-refractivity contribution in [2.75, 3.05) is 52.5 Å². The number of morpholine rings is 1. The van der Waals surface area contributed by atoms with Crippen LogP contribution in [0.1, 0.15) is 42.4 Å². The van der Waals surface area contributed by atoms with E-state index in [1.54, 1.807) is 0 Å². The summed E-state index contributed by atoms with van der Waals surface area (Å²) >= 11 is 0. The average Bonchev–Trinajstić information content (AvgIpc) is 3.44. The SMILES string of the molecule is CCNC(=NCC(c1ccc(C)o1)N1CCOCC1)N1CCC(c2ccccc2)C1.I. The first-order valence-electron chi connectivity index (χ1n) is 11.2. The number of benzene rings is 1. The van der Waals surface area contributed by atoms with Crippen LogP contribution in [0, 0.1) is 6.92 Å². The number of rotatable bonds is 6. The highest BCUT2D eigenvalue weighted by molar-refractivity contribution is 14.0. The maximum atomic E-state index is 6.01. The summed E-state index contributed by atoms with van der Waals surface area (Å²) in [5.41, 5.74) is 1.42. The molecule has 0 amide bonds. The molecule has 0 bridgehead atoms. The molecule has 0 saturated carbocycles. The molecule has 2 fully saturated rings. The van der Waals surface area contributed by atoms with Crippen molar-refractivity contribution >= 4 is 29.9 Å². The maximum absolute atomic E-state index is 6.01. The van der Waals surface area contributed by atoms with E-state index in [4.69, 9.17) is 14.1 Å². The largest absolute Gasteiger partial charge is 0.465 e. The summed E-state index contributed by atoms with van der Waals surface area (Å²) < 4.78 is 11.6. The molecule has 7 heteroatoms. The highest BCUT2D eigenvalue weighted by atomic mass is 127. The van der Waals surface area contributed by atoms with Crippen molar-refractivity contribution in [2.45, 2.75) is 32.2 Å². The number of furan rings is 1. The predicted octanol–water partition coefficient (Wildman–Crippen LogP) is 4.03. The number of nitrogens with one attached hydrogen (secondary N) is 1. The highest BCUT2D eigenvalue weighted by Gasteiger charge is 2.28. The summed E-state index contributed by atoms with van der Waals surface area (Å²) in [6.07, 6.45) is 1.17. The second kappa shape index (κ2) is 11.9. The molecule has 4 rings (SSSR count). The average molecular weight is 538 g/mol. The van der Waals surface area contributed by atoms with E-state index in [-0.39, 0.29) is 30.0 Å². The van der Waals surface area contributed by atoms with Crippen LogP contribution in [0.15, 0.2) is 51.9 Å². The number of nitrogens with zero attached hydrogens (tertiary/aromatic N) is 3. The first kappa shape index (κ1) is 24.1. The van der Waals surface area contributed by atoms with Crippen LogP contribution in [0.5, 0.6) is 0 Å². The Morgan fingerprint density at radius 2 is 1.90 bits per heavy atom. The molecule has 6 nitrogen and oxygen atoms in total. The van der Waals surface area contributed by atoms with Crippen LogP contribution < -0.4 is 5.32 Å². The van der Waals surface area contributed by atoms with Gasteiger partial charge in [0.25, 0.3) is 0 Å². The van der Waals surface area contributed by atoms with Gasteiger partial charge < -0.3 is 19.4 Å². The fraction of sp³-hybridized carbons (Fsp3) is 0.542. The molecule has 2 aliphatic heterocycles. The van der Waals surface area contributed by atoms with Crippen LogP contribution in [-0.4, -0.2) is 68.2 Å². The Morgan fingerprint density at radius 3 is 2.58 bits per heavy atom. The second-order valence-electron chi connectivity index (χ2n) is 8.15. The Balaban J connectivity index is 0.00000272. The summed E-state index contributed by atoms with van der Waals surface area (Å²) in [5.74, 6) is 3.53. The summed E-state index contributed by atoms with van der Waals surface area (Å²) in [6, 6.07) is 15.1. The lowest BCUT2D eigenvalue weighted by Crippen LogP contribution is -2.42. The van der Waals surface area contributed by atoms with Crippen LogP contribution in [0.4, 0.5) is 0 Å². The third-order valence-electron chi connectivity index (χ3n) is 6.08. The van der Waals surface area contributed by atoms with Gasteiger partial charge in [-0.1, -0.05) is 30.3 Å². The van der Waals surface area contributed by atoms with E-state index in [1.807, 2.05) is 13.0 Å². The smallest absolute Gasteiger partial charge is 0.194 e. The summed E-state index contributed by atoms with van der Waals surface area (Å²) in [6.45, 7) is 11.1. The normalized spacial score (nSPS) is 21.0. The quantitative estimate of drug-likeness (QED) is 0.342. The van der Waals surface area contributed by atoms with Gasteiger partial charge in [0.15, 0.2) is 5.96 Å². The predicted molar refractivity (Wildman–Crippen MR) is 135 cm³/mol. The number of guanidine groups is 1. The molecule has 2 aromatic rings. The topological polar surface area (TPSA) is 53.2 Å². The molecular weight excluding hydrogens is 503 g/mol. The third-order valence-corrected chi connectivity index (χ3v) is 6.08. The molecule has 2 saturated heterocycles. The number of aryl methyl sites for hydroxylation is 1. The molecule has 0 aliphatic carbocycles. The number of likely N-dealkylation sites (tertiary alicyclic amines) is 1. The monoisotopic (exact) mass is 538 g/mol. The minimum absolute atomic E-state index is 0. The van der Waals surface area contributed by atoms with Gasteiger partial charge in [0.2, 0.25) is 0 Å². The zero-order valence-electron chi connectivity index (χ0n) is 18.6. The number of halogens is 1. The van der Waals surface area contributed by atoms with E-state index in [0.717, 1.165) is 63.4 Å². The number of hydrogen-bond donors (Lipinski definition) is 1. The van der Waals surface area contributed by atoms with Gasteiger partial charge >= 0.3 is 0 Å². The molecule has 2 atom stereocenters. The summed E-state index contributed by atoms with van der Waals surface area (Å²) in [5, 5.41) is 3.51.